The smallest absolute Gasteiger partial charge is 0.294 e. The van der Waals surface area contributed by atoms with E-state index in [0.29, 0.717) is 16.8 Å². The molecule has 0 bridgehead atoms. The fourth-order valence-corrected chi connectivity index (χ4v) is 1.12. The highest BCUT2D eigenvalue weighted by atomic mass is 32.1. The molecular formula is C6H10N2O2S. The third-order valence-electron chi connectivity index (χ3n) is 1.01. The number of ether oxygens (including phenoxy) is 1. The monoisotopic (exact) mass is 174 g/mol. The first-order valence-corrected chi connectivity index (χ1v) is 4.24. The zero-order chi connectivity index (χ0) is 8.10. The van der Waals surface area contributed by atoms with Crippen LogP contribution in [-0.2, 0) is 6.61 Å². The van der Waals surface area contributed by atoms with Crippen LogP contribution in [0.5, 0.6) is 5.19 Å². The zero-order valence-electron chi connectivity index (χ0n) is 6.28. The van der Waals surface area contributed by atoms with Gasteiger partial charge >= 0.3 is 0 Å². The standard InChI is InChI=1S/C6H10N2O2S/c1-2-3-10-6-8-7-5(4-9)11-6/h9H,2-4H2,1H3. The van der Waals surface area contributed by atoms with E-state index < -0.39 is 0 Å². The molecule has 1 aromatic heterocycles. The maximum absolute atomic E-state index is 8.63. The summed E-state index contributed by atoms with van der Waals surface area (Å²) < 4.78 is 5.17. The SMILES string of the molecule is CCCOc1nnc(CO)s1. The topological polar surface area (TPSA) is 55.2 Å². The molecule has 0 aromatic carbocycles. The summed E-state index contributed by atoms with van der Waals surface area (Å²) in [5, 5.41) is 17.2. The Labute approximate surface area is 68.8 Å². The van der Waals surface area contributed by atoms with Gasteiger partial charge in [-0.25, -0.2) is 0 Å². The molecule has 0 fully saturated rings. The molecule has 0 saturated carbocycles. The van der Waals surface area contributed by atoms with Crippen LogP contribution < -0.4 is 4.74 Å². The molecule has 0 amide bonds. The van der Waals surface area contributed by atoms with Gasteiger partial charge in [-0.15, -0.1) is 5.10 Å². The van der Waals surface area contributed by atoms with E-state index in [2.05, 4.69) is 10.2 Å². The third kappa shape index (κ3) is 2.44. The number of rotatable bonds is 4. The molecule has 1 aromatic rings. The highest BCUT2D eigenvalue weighted by Crippen LogP contribution is 2.17. The number of aromatic nitrogens is 2. The normalized spacial score (nSPS) is 10.0. The highest BCUT2D eigenvalue weighted by Gasteiger charge is 2.01. The minimum atomic E-state index is -0.0623. The van der Waals surface area contributed by atoms with Crippen LogP contribution in [-0.4, -0.2) is 21.9 Å². The summed E-state index contributed by atoms with van der Waals surface area (Å²) in [5.74, 6) is 0. The molecule has 62 valence electrons. The molecule has 4 nitrogen and oxygen atoms in total. The summed E-state index contributed by atoms with van der Waals surface area (Å²) in [5.41, 5.74) is 0. The zero-order valence-corrected chi connectivity index (χ0v) is 7.10. The average Bonchev–Trinajstić information content (AvgIpc) is 2.48. The Morgan fingerprint density at radius 1 is 1.55 bits per heavy atom. The maximum Gasteiger partial charge on any atom is 0.294 e. The lowest BCUT2D eigenvalue weighted by atomic mass is 10.5. The molecule has 0 radical (unpaired) electrons. The van der Waals surface area contributed by atoms with Crippen LogP contribution >= 0.6 is 11.3 Å². The van der Waals surface area contributed by atoms with Gasteiger partial charge in [-0.1, -0.05) is 23.4 Å². The van der Waals surface area contributed by atoms with E-state index in [9.17, 15) is 0 Å². The Morgan fingerprint density at radius 3 is 2.91 bits per heavy atom. The fraction of sp³-hybridized carbons (Fsp3) is 0.667. The predicted octanol–water partition coefficient (Wildman–Crippen LogP) is 0.819. The van der Waals surface area contributed by atoms with Gasteiger partial charge in [0, 0.05) is 0 Å². The Hall–Kier alpha value is -0.680. The van der Waals surface area contributed by atoms with Crippen molar-refractivity contribution in [3.63, 3.8) is 0 Å². The Bertz CT molecular complexity index is 214. The van der Waals surface area contributed by atoms with Crippen molar-refractivity contribution in [2.24, 2.45) is 0 Å². The van der Waals surface area contributed by atoms with Crippen molar-refractivity contribution >= 4 is 11.3 Å². The Morgan fingerprint density at radius 2 is 2.36 bits per heavy atom. The number of aliphatic hydroxyl groups is 1. The molecule has 0 aliphatic carbocycles. The van der Waals surface area contributed by atoms with Gasteiger partial charge in [0.15, 0.2) is 0 Å². The summed E-state index contributed by atoms with van der Waals surface area (Å²) in [4.78, 5) is 0. The van der Waals surface area contributed by atoms with E-state index in [4.69, 9.17) is 9.84 Å². The third-order valence-corrected chi connectivity index (χ3v) is 1.83. The van der Waals surface area contributed by atoms with Crippen molar-refractivity contribution in [3.8, 4) is 5.19 Å². The fourth-order valence-electron chi connectivity index (χ4n) is 0.550. The van der Waals surface area contributed by atoms with E-state index in [0.717, 1.165) is 6.42 Å². The van der Waals surface area contributed by atoms with E-state index in [1.165, 1.54) is 11.3 Å². The molecule has 1 heterocycles. The summed E-state index contributed by atoms with van der Waals surface area (Å²) in [6.07, 6.45) is 0.952. The Balaban J connectivity index is 2.44. The summed E-state index contributed by atoms with van der Waals surface area (Å²) in [6, 6.07) is 0. The quantitative estimate of drug-likeness (QED) is 0.734. The van der Waals surface area contributed by atoms with Gasteiger partial charge in [-0.2, -0.15) is 0 Å². The van der Waals surface area contributed by atoms with Gasteiger partial charge in [-0.3, -0.25) is 0 Å². The first kappa shape index (κ1) is 8.42. The molecule has 0 unspecified atom stereocenters. The highest BCUT2D eigenvalue weighted by molar-refractivity contribution is 7.13. The largest absolute Gasteiger partial charge is 0.469 e. The number of hydrogen-bond donors (Lipinski definition) is 1. The first-order chi connectivity index (χ1) is 5.36. The van der Waals surface area contributed by atoms with Gasteiger partial charge in [0.05, 0.1) is 13.2 Å². The molecule has 1 N–H and O–H groups in total. The van der Waals surface area contributed by atoms with E-state index >= 15 is 0 Å². The van der Waals surface area contributed by atoms with Crippen LogP contribution in [0.25, 0.3) is 0 Å². The Kier molecular flexibility index (Phi) is 3.25. The molecule has 0 atom stereocenters. The molecule has 1 rings (SSSR count). The van der Waals surface area contributed by atoms with Crippen LogP contribution in [0.15, 0.2) is 0 Å². The van der Waals surface area contributed by atoms with Crippen molar-refractivity contribution < 1.29 is 9.84 Å². The maximum atomic E-state index is 8.63. The molecular weight excluding hydrogens is 164 g/mol. The molecule has 0 saturated heterocycles. The van der Waals surface area contributed by atoms with Crippen LogP contribution in [0.4, 0.5) is 0 Å². The minimum Gasteiger partial charge on any atom is -0.469 e. The molecule has 11 heavy (non-hydrogen) atoms. The van der Waals surface area contributed by atoms with Crippen LogP contribution in [0, 0.1) is 0 Å². The van der Waals surface area contributed by atoms with E-state index in [-0.39, 0.29) is 6.61 Å². The summed E-state index contributed by atoms with van der Waals surface area (Å²) in [6.45, 7) is 2.61. The van der Waals surface area contributed by atoms with Crippen molar-refractivity contribution in [2.75, 3.05) is 6.61 Å². The van der Waals surface area contributed by atoms with Crippen molar-refractivity contribution in [2.45, 2.75) is 20.0 Å². The lowest BCUT2D eigenvalue weighted by Gasteiger charge is -1.94. The average molecular weight is 174 g/mol. The van der Waals surface area contributed by atoms with Crippen LogP contribution in [0.2, 0.25) is 0 Å². The van der Waals surface area contributed by atoms with Crippen molar-refractivity contribution in [1.29, 1.82) is 0 Å². The van der Waals surface area contributed by atoms with Crippen molar-refractivity contribution in [1.82, 2.24) is 10.2 Å². The number of aliphatic hydroxyl groups excluding tert-OH is 1. The van der Waals surface area contributed by atoms with E-state index in [1.807, 2.05) is 6.92 Å². The molecule has 5 heteroatoms. The van der Waals surface area contributed by atoms with Gasteiger partial charge < -0.3 is 9.84 Å². The molecule has 0 aliphatic heterocycles. The van der Waals surface area contributed by atoms with Gasteiger partial charge in [-0.05, 0) is 6.42 Å². The second kappa shape index (κ2) is 4.25. The molecule has 0 spiro atoms. The van der Waals surface area contributed by atoms with Crippen LogP contribution in [0.3, 0.4) is 0 Å². The van der Waals surface area contributed by atoms with E-state index in [1.54, 1.807) is 0 Å². The van der Waals surface area contributed by atoms with Gasteiger partial charge in [0.1, 0.15) is 5.01 Å². The lowest BCUT2D eigenvalue weighted by molar-refractivity contribution is 0.280. The minimum absolute atomic E-state index is 0.0623. The first-order valence-electron chi connectivity index (χ1n) is 3.43. The number of hydrogen-bond acceptors (Lipinski definition) is 5. The van der Waals surface area contributed by atoms with Gasteiger partial charge in [0.2, 0.25) is 0 Å². The summed E-state index contributed by atoms with van der Waals surface area (Å²) in [7, 11) is 0. The summed E-state index contributed by atoms with van der Waals surface area (Å²) >= 11 is 1.28. The van der Waals surface area contributed by atoms with Crippen molar-refractivity contribution in [3.05, 3.63) is 5.01 Å². The second-order valence-corrected chi connectivity index (χ2v) is 2.99. The number of nitrogens with zero attached hydrogens (tertiary/aromatic N) is 2. The predicted molar refractivity (Wildman–Crippen MR) is 41.6 cm³/mol. The second-order valence-electron chi connectivity index (χ2n) is 1.97. The molecule has 0 aliphatic rings. The van der Waals surface area contributed by atoms with Gasteiger partial charge in [0.25, 0.3) is 5.19 Å². The van der Waals surface area contributed by atoms with Crippen LogP contribution in [0.1, 0.15) is 18.4 Å². The lowest BCUT2D eigenvalue weighted by Crippen LogP contribution is -1.93.